The number of nitrogens with two attached hydrogens (primary N) is 1. The van der Waals surface area contributed by atoms with Crippen LogP contribution in [0.3, 0.4) is 0 Å². The van der Waals surface area contributed by atoms with Crippen LogP contribution in [-0.2, 0) is 11.3 Å². The van der Waals surface area contributed by atoms with E-state index in [2.05, 4.69) is 40.7 Å². The van der Waals surface area contributed by atoms with E-state index in [4.69, 9.17) is 5.73 Å². The first kappa shape index (κ1) is 17.3. The number of nitrogens with zero attached hydrogens (tertiary/aromatic N) is 3. The molecule has 1 fully saturated rings. The molecule has 0 saturated carbocycles. The Kier molecular flexibility index (Phi) is 5.49. The van der Waals surface area contributed by atoms with Gasteiger partial charge in [0.1, 0.15) is 0 Å². The highest BCUT2D eigenvalue weighted by Gasteiger charge is 2.29. The van der Waals surface area contributed by atoms with Gasteiger partial charge in [-0.15, -0.1) is 5.10 Å². The maximum atomic E-state index is 11.2. The van der Waals surface area contributed by atoms with Gasteiger partial charge in [0.25, 0.3) is 0 Å². The SMILES string of the molecule is Nc1nc(N2CCC(C(NS(=O)[O-])c3cccc(Br)c3)CC2)n[nH]1. The monoisotopic (exact) mass is 413 g/mol. The highest BCUT2D eigenvalue weighted by atomic mass is 79.9. The van der Waals surface area contributed by atoms with Gasteiger partial charge < -0.3 is 15.2 Å². The second-order valence-corrected chi connectivity index (χ2v) is 7.35. The first-order valence-corrected chi connectivity index (χ1v) is 9.43. The second kappa shape index (κ2) is 7.60. The van der Waals surface area contributed by atoms with Crippen molar-refractivity contribution >= 4 is 39.1 Å². The number of aromatic nitrogens is 3. The summed E-state index contributed by atoms with van der Waals surface area (Å²) in [7, 11) is 0. The number of rotatable bonds is 5. The third-order valence-electron chi connectivity index (χ3n) is 4.22. The third kappa shape index (κ3) is 4.12. The van der Waals surface area contributed by atoms with Crippen molar-refractivity contribution in [3.8, 4) is 0 Å². The molecule has 1 aromatic carbocycles. The minimum Gasteiger partial charge on any atom is -0.760 e. The van der Waals surface area contributed by atoms with Crippen molar-refractivity contribution in [2.45, 2.75) is 18.9 Å². The second-order valence-electron chi connectivity index (χ2n) is 5.73. The van der Waals surface area contributed by atoms with Crippen molar-refractivity contribution in [3.63, 3.8) is 0 Å². The number of piperidine rings is 1. The zero-order valence-corrected chi connectivity index (χ0v) is 15.2. The number of nitrogens with one attached hydrogen (secondary N) is 2. The van der Waals surface area contributed by atoms with Gasteiger partial charge in [-0.2, -0.15) is 4.98 Å². The van der Waals surface area contributed by atoms with Crippen molar-refractivity contribution in [2.24, 2.45) is 5.92 Å². The summed E-state index contributed by atoms with van der Waals surface area (Å²) in [6.45, 7) is 1.50. The predicted molar refractivity (Wildman–Crippen MR) is 94.7 cm³/mol. The molecular formula is C14H18BrN6O2S-. The third-order valence-corrected chi connectivity index (χ3v) is 5.16. The molecule has 1 aliphatic rings. The van der Waals surface area contributed by atoms with Crippen LogP contribution in [0.2, 0.25) is 0 Å². The van der Waals surface area contributed by atoms with Crippen LogP contribution in [0.1, 0.15) is 24.4 Å². The molecule has 0 radical (unpaired) electrons. The number of halogens is 1. The number of aromatic amines is 1. The summed E-state index contributed by atoms with van der Waals surface area (Å²) in [4.78, 5) is 6.19. The Bertz CT molecular complexity index is 719. The van der Waals surface area contributed by atoms with E-state index in [-0.39, 0.29) is 12.0 Å². The molecular weight excluding hydrogens is 396 g/mol. The zero-order chi connectivity index (χ0) is 17.1. The molecule has 3 rings (SSSR count). The standard InChI is InChI=1S/C14H19BrN6O2S/c15-11-3-1-2-10(8-11)12(20-24(22)23)9-4-6-21(7-5-9)14-17-13(16)18-19-14/h1-3,8-9,12,20H,4-7H2,(H,22,23)(H3,16,17,18,19)/p-1. The smallest absolute Gasteiger partial charge is 0.246 e. The van der Waals surface area contributed by atoms with E-state index in [1.54, 1.807) is 0 Å². The summed E-state index contributed by atoms with van der Waals surface area (Å²) < 4.78 is 26.1. The van der Waals surface area contributed by atoms with Crippen LogP contribution < -0.4 is 15.4 Å². The molecule has 2 atom stereocenters. The fraction of sp³-hybridized carbons (Fsp3) is 0.429. The molecule has 4 N–H and O–H groups in total. The Morgan fingerprint density at radius 2 is 2.21 bits per heavy atom. The lowest BCUT2D eigenvalue weighted by Crippen LogP contribution is -2.40. The van der Waals surface area contributed by atoms with Crippen molar-refractivity contribution in [1.82, 2.24) is 19.9 Å². The van der Waals surface area contributed by atoms with Crippen molar-refractivity contribution < 1.29 is 8.76 Å². The van der Waals surface area contributed by atoms with Gasteiger partial charge >= 0.3 is 0 Å². The van der Waals surface area contributed by atoms with Gasteiger partial charge in [0, 0.05) is 34.9 Å². The number of H-pyrrole nitrogens is 1. The molecule has 2 unspecified atom stereocenters. The minimum absolute atomic E-state index is 0.199. The Labute approximate surface area is 150 Å². The maximum absolute atomic E-state index is 11.2. The summed E-state index contributed by atoms with van der Waals surface area (Å²) in [6.07, 6.45) is 1.66. The molecule has 130 valence electrons. The lowest BCUT2D eigenvalue weighted by molar-refractivity contribution is 0.323. The predicted octanol–water partition coefficient (Wildman–Crippen LogP) is 1.49. The summed E-state index contributed by atoms with van der Waals surface area (Å²) in [6, 6.07) is 7.48. The van der Waals surface area contributed by atoms with Crippen LogP contribution in [0.4, 0.5) is 11.9 Å². The molecule has 0 aliphatic carbocycles. The van der Waals surface area contributed by atoms with Crippen molar-refractivity contribution in [3.05, 3.63) is 34.3 Å². The fourth-order valence-electron chi connectivity index (χ4n) is 3.08. The van der Waals surface area contributed by atoms with Crippen molar-refractivity contribution in [1.29, 1.82) is 0 Å². The molecule has 10 heteroatoms. The maximum Gasteiger partial charge on any atom is 0.246 e. The van der Waals surface area contributed by atoms with E-state index in [1.165, 1.54) is 0 Å². The molecule has 0 bridgehead atoms. The van der Waals surface area contributed by atoms with Gasteiger partial charge in [-0.05, 0) is 36.5 Å². The highest BCUT2D eigenvalue weighted by molar-refractivity contribution is 9.10. The highest BCUT2D eigenvalue weighted by Crippen LogP contribution is 2.33. The normalized spacial score (nSPS) is 18.5. The summed E-state index contributed by atoms with van der Waals surface area (Å²) in [5, 5.41) is 6.71. The quantitative estimate of drug-likeness (QED) is 0.637. The Morgan fingerprint density at radius 1 is 1.46 bits per heavy atom. The molecule has 2 heterocycles. The topological polar surface area (TPSA) is 123 Å². The zero-order valence-electron chi connectivity index (χ0n) is 12.8. The summed E-state index contributed by atoms with van der Waals surface area (Å²) in [5.74, 6) is 1.08. The summed E-state index contributed by atoms with van der Waals surface area (Å²) >= 11 is 1.12. The van der Waals surface area contributed by atoms with E-state index in [9.17, 15) is 8.76 Å². The Balaban J connectivity index is 1.72. The molecule has 0 spiro atoms. The Morgan fingerprint density at radius 3 is 2.79 bits per heavy atom. The first-order valence-electron chi connectivity index (χ1n) is 7.56. The molecule has 8 nitrogen and oxygen atoms in total. The molecule has 24 heavy (non-hydrogen) atoms. The van der Waals surface area contributed by atoms with E-state index in [0.29, 0.717) is 11.9 Å². The molecule has 1 saturated heterocycles. The average molecular weight is 414 g/mol. The molecule has 0 amide bonds. The van der Waals surface area contributed by atoms with Crippen LogP contribution in [-0.4, -0.2) is 37.0 Å². The molecule has 2 aromatic rings. The summed E-state index contributed by atoms with van der Waals surface area (Å²) in [5.41, 5.74) is 6.52. The van der Waals surface area contributed by atoms with Crippen molar-refractivity contribution in [2.75, 3.05) is 23.7 Å². The average Bonchev–Trinajstić information content (AvgIpc) is 2.99. The first-order chi connectivity index (χ1) is 11.5. The van der Waals surface area contributed by atoms with Gasteiger partial charge in [0.05, 0.1) is 0 Å². The van der Waals surface area contributed by atoms with Crippen LogP contribution >= 0.6 is 15.9 Å². The number of anilines is 2. The lowest BCUT2D eigenvalue weighted by atomic mass is 9.86. The van der Waals surface area contributed by atoms with Crippen LogP contribution in [0.5, 0.6) is 0 Å². The van der Waals surface area contributed by atoms with E-state index < -0.39 is 11.3 Å². The van der Waals surface area contributed by atoms with Crippen LogP contribution in [0.25, 0.3) is 0 Å². The van der Waals surface area contributed by atoms with Crippen LogP contribution in [0.15, 0.2) is 28.7 Å². The van der Waals surface area contributed by atoms with Gasteiger partial charge in [-0.25, -0.2) is 9.82 Å². The number of hydrogen-bond acceptors (Lipinski definition) is 6. The minimum atomic E-state index is -2.32. The van der Waals surface area contributed by atoms with Gasteiger partial charge in [0.2, 0.25) is 11.9 Å². The molecule has 1 aromatic heterocycles. The molecule has 1 aliphatic heterocycles. The largest absolute Gasteiger partial charge is 0.760 e. The van der Waals surface area contributed by atoms with E-state index in [1.807, 2.05) is 24.3 Å². The van der Waals surface area contributed by atoms with E-state index >= 15 is 0 Å². The lowest BCUT2D eigenvalue weighted by Gasteiger charge is -2.36. The Hall–Kier alpha value is -1.49. The fourth-order valence-corrected chi connectivity index (χ4v) is 4.03. The van der Waals surface area contributed by atoms with Gasteiger partial charge in [-0.3, -0.25) is 4.21 Å². The number of hydrogen-bond donors (Lipinski definition) is 3. The number of benzene rings is 1. The van der Waals surface area contributed by atoms with Gasteiger partial charge in [-0.1, -0.05) is 28.1 Å². The van der Waals surface area contributed by atoms with Crippen LogP contribution in [0, 0.1) is 5.92 Å². The van der Waals surface area contributed by atoms with Gasteiger partial charge in [0.15, 0.2) is 0 Å². The van der Waals surface area contributed by atoms with E-state index in [0.717, 1.165) is 36.0 Å². The number of nitrogen functional groups attached to an aromatic ring is 1.